The fourth-order valence-electron chi connectivity index (χ4n) is 2.59. The van der Waals surface area contributed by atoms with Crippen molar-refractivity contribution < 1.29 is 28.5 Å². The first-order chi connectivity index (χ1) is 7.74. The van der Waals surface area contributed by atoms with Crippen LogP contribution in [0.5, 0.6) is 0 Å². The highest BCUT2D eigenvalue weighted by Crippen LogP contribution is 2.29. The van der Waals surface area contributed by atoms with Crippen LogP contribution in [0.1, 0.15) is 32.4 Å². The average Bonchev–Trinajstić information content (AvgIpc) is 2.37. The zero-order valence-corrected chi connectivity index (χ0v) is 13.4. The molecule has 0 aliphatic heterocycles. The monoisotopic (exact) mass is 345 g/mol. The fourth-order valence-corrected chi connectivity index (χ4v) is 2.59. The normalized spacial score (nSPS) is 12.6. The highest BCUT2D eigenvalue weighted by atomic mass is 127. The van der Waals surface area contributed by atoms with Crippen LogP contribution in [-0.4, -0.2) is 24.1 Å². The molecule has 1 nitrogen and oxygen atoms in total. The third-order valence-corrected chi connectivity index (χ3v) is 3.84. The number of rotatable bonds is 6. The Morgan fingerprint density at radius 3 is 1.88 bits per heavy atom. The van der Waals surface area contributed by atoms with Gasteiger partial charge in [0.05, 0.1) is 19.6 Å². The number of benzene rings is 1. The molecule has 0 saturated carbocycles. The van der Waals surface area contributed by atoms with E-state index in [1.807, 2.05) is 0 Å². The standard InChI is InChI=1S/C15H24N.HI/c1-5-15(14-12-10-9-11-13-14)16(6-2,7-3)8-4;/h5,9-13,15H,1,6-8H2,2-4H3;1H/q+1;/p-1. The van der Waals surface area contributed by atoms with Crippen molar-refractivity contribution in [3.05, 3.63) is 48.6 Å². The van der Waals surface area contributed by atoms with E-state index in [2.05, 4.69) is 63.8 Å². The maximum atomic E-state index is 4.03. The Bertz CT molecular complexity index is 309. The second-order valence-electron chi connectivity index (χ2n) is 4.26. The summed E-state index contributed by atoms with van der Waals surface area (Å²) < 4.78 is 1.09. The second kappa shape index (κ2) is 7.88. The Morgan fingerprint density at radius 2 is 1.53 bits per heavy atom. The number of likely N-dealkylation sites (N-methyl/N-ethyl adjacent to an activating group) is 1. The SMILES string of the molecule is C=CC(c1ccccc1)[N+](CC)(CC)CC.[I-]. The molecule has 0 radical (unpaired) electrons. The molecular weight excluding hydrogens is 321 g/mol. The lowest BCUT2D eigenvalue weighted by Crippen LogP contribution is -3.00. The van der Waals surface area contributed by atoms with Crippen LogP contribution >= 0.6 is 0 Å². The van der Waals surface area contributed by atoms with Crippen molar-refractivity contribution in [2.45, 2.75) is 26.8 Å². The van der Waals surface area contributed by atoms with E-state index in [9.17, 15) is 0 Å². The lowest BCUT2D eigenvalue weighted by atomic mass is 10.0. The third kappa shape index (κ3) is 3.55. The van der Waals surface area contributed by atoms with Gasteiger partial charge in [-0.05, 0) is 26.8 Å². The van der Waals surface area contributed by atoms with Gasteiger partial charge in [-0.3, -0.25) is 0 Å². The largest absolute Gasteiger partial charge is 1.00 e. The molecule has 0 aliphatic carbocycles. The summed E-state index contributed by atoms with van der Waals surface area (Å²) in [5.74, 6) is 0. The zero-order valence-electron chi connectivity index (χ0n) is 11.2. The Balaban J connectivity index is 0.00000256. The van der Waals surface area contributed by atoms with Gasteiger partial charge in [-0.2, -0.15) is 0 Å². The molecule has 96 valence electrons. The Kier molecular flexibility index (Phi) is 7.71. The first kappa shape index (κ1) is 16.6. The van der Waals surface area contributed by atoms with E-state index in [1.54, 1.807) is 0 Å². The van der Waals surface area contributed by atoms with Gasteiger partial charge in [-0.15, -0.1) is 0 Å². The number of hydrogen-bond donors (Lipinski definition) is 0. The quantitative estimate of drug-likeness (QED) is 0.406. The molecule has 0 saturated heterocycles. The predicted octanol–water partition coefficient (Wildman–Crippen LogP) is 0.794. The molecule has 1 rings (SSSR count). The van der Waals surface area contributed by atoms with Crippen LogP contribution in [0, 0.1) is 0 Å². The molecular formula is C15H24IN. The molecule has 0 amide bonds. The van der Waals surface area contributed by atoms with Gasteiger partial charge in [0.2, 0.25) is 0 Å². The van der Waals surface area contributed by atoms with E-state index in [1.165, 1.54) is 5.56 Å². The van der Waals surface area contributed by atoms with Crippen molar-refractivity contribution in [2.75, 3.05) is 19.6 Å². The third-order valence-electron chi connectivity index (χ3n) is 3.84. The summed E-state index contributed by atoms with van der Waals surface area (Å²) in [6.07, 6.45) is 2.10. The van der Waals surface area contributed by atoms with E-state index in [0.29, 0.717) is 6.04 Å². The fraction of sp³-hybridized carbons (Fsp3) is 0.467. The van der Waals surface area contributed by atoms with Crippen molar-refractivity contribution in [3.8, 4) is 0 Å². The summed E-state index contributed by atoms with van der Waals surface area (Å²) in [5, 5.41) is 0. The van der Waals surface area contributed by atoms with Crippen LogP contribution in [0.15, 0.2) is 43.0 Å². The molecule has 1 aromatic carbocycles. The number of hydrogen-bond acceptors (Lipinski definition) is 0. The lowest BCUT2D eigenvalue weighted by Gasteiger charge is -2.42. The molecule has 0 fully saturated rings. The molecule has 0 bridgehead atoms. The first-order valence-corrected chi connectivity index (χ1v) is 6.27. The highest BCUT2D eigenvalue weighted by molar-refractivity contribution is 5.20. The molecule has 0 N–H and O–H groups in total. The van der Waals surface area contributed by atoms with Crippen LogP contribution in [-0.2, 0) is 0 Å². The number of halogens is 1. The molecule has 1 aromatic rings. The van der Waals surface area contributed by atoms with Gasteiger partial charge in [-0.25, -0.2) is 0 Å². The van der Waals surface area contributed by atoms with Crippen molar-refractivity contribution in [1.29, 1.82) is 0 Å². The van der Waals surface area contributed by atoms with Crippen LogP contribution in [0.3, 0.4) is 0 Å². The van der Waals surface area contributed by atoms with Crippen molar-refractivity contribution in [2.24, 2.45) is 0 Å². The molecule has 0 heterocycles. The van der Waals surface area contributed by atoms with E-state index in [-0.39, 0.29) is 24.0 Å². The summed E-state index contributed by atoms with van der Waals surface area (Å²) >= 11 is 0. The minimum atomic E-state index is 0. The van der Waals surface area contributed by atoms with Crippen LogP contribution < -0.4 is 24.0 Å². The molecule has 1 unspecified atom stereocenters. The Labute approximate surface area is 123 Å². The molecule has 2 heteroatoms. The van der Waals surface area contributed by atoms with Crippen molar-refractivity contribution in [1.82, 2.24) is 0 Å². The minimum absolute atomic E-state index is 0. The minimum Gasteiger partial charge on any atom is -1.00 e. The number of quaternary nitrogens is 1. The van der Waals surface area contributed by atoms with Gasteiger partial charge < -0.3 is 28.5 Å². The number of nitrogens with zero attached hydrogens (tertiary/aromatic N) is 1. The molecule has 17 heavy (non-hydrogen) atoms. The topological polar surface area (TPSA) is 0 Å². The molecule has 0 spiro atoms. The van der Waals surface area contributed by atoms with E-state index in [4.69, 9.17) is 0 Å². The van der Waals surface area contributed by atoms with Crippen molar-refractivity contribution in [3.63, 3.8) is 0 Å². The maximum Gasteiger partial charge on any atom is 0.133 e. The molecule has 0 aromatic heterocycles. The smallest absolute Gasteiger partial charge is 0.133 e. The molecule has 1 atom stereocenters. The molecule has 0 aliphatic rings. The van der Waals surface area contributed by atoms with Gasteiger partial charge in [0, 0.05) is 5.56 Å². The van der Waals surface area contributed by atoms with Gasteiger partial charge in [0.15, 0.2) is 0 Å². The predicted molar refractivity (Wildman–Crippen MR) is 71.3 cm³/mol. The maximum absolute atomic E-state index is 4.03. The van der Waals surface area contributed by atoms with E-state index in [0.717, 1.165) is 24.1 Å². The van der Waals surface area contributed by atoms with E-state index >= 15 is 0 Å². The summed E-state index contributed by atoms with van der Waals surface area (Å²) in [7, 11) is 0. The van der Waals surface area contributed by atoms with Crippen molar-refractivity contribution >= 4 is 0 Å². The van der Waals surface area contributed by atoms with E-state index < -0.39 is 0 Å². The Hall–Kier alpha value is -0.350. The summed E-state index contributed by atoms with van der Waals surface area (Å²) in [6.45, 7) is 14.3. The van der Waals surface area contributed by atoms with Gasteiger partial charge in [0.1, 0.15) is 6.04 Å². The van der Waals surface area contributed by atoms with Gasteiger partial charge in [0.25, 0.3) is 0 Å². The zero-order chi connectivity index (χ0) is 12.0. The van der Waals surface area contributed by atoms with Crippen LogP contribution in [0.2, 0.25) is 0 Å². The highest BCUT2D eigenvalue weighted by Gasteiger charge is 2.30. The Morgan fingerprint density at radius 1 is 1.06 bits per heavy atom. The first-order valence-electron chi connectivity index (χ1n) is 6.27. The van der Waals surface area contributed by atoms with Crippen LogP contribution in [0.25, 0.3) is 0 Å². The van der Waals surface area contributed by atoms with Crippen LogP contribution in [0.4, 0.5) is 0 Å². The average molecular weight is 345 g/mol. The summed E-state index contributed by atoms with van der Waals surface area (Å²) in [6, 6.07) is 11.1. The lowest BCUT2D eigenvalue weighted by molar-refractivity contribution is -0.946. The summed E-state index contributed by atoms with van der Waals surface area (Å²) in [5.41, 5.74) is 1.38. The van der Waals surface area contributed by atoms with Gasteiger partial charge >= 0.3 is 0 Å². The summed E-state index contributed by atoms with van der Waals surface area (Å²) in [4.78, 5) is 0. The van der Waals surface area contributed by atoms with Gasteiger partial charge in [-0.1, -0.05) is 36.9 Å². The second-order valence-corrected chi connectivity index (χ2v) is 4.26.